The Bertz CT molecular complexity index is 342. The Labute approximate surface area is 89.1 Å². The number of hydrogen-bond donors (Lipinski definition) is 1. The van der Waals surface area contributed by atoms with Crippen molar-refractivity contribution in [2.75, 3.05) is 11.5 Å². The van der Waals surface area contributed by atoms with Gasteiger partial charge in [-0.1, -0.05) is 13.3 Å². The highest BCUT2D eigenvalue weighted by molar-refractivity contribution is 7.99. The molecule has 0 spiro atoms. The number of thioether (sulfide) groups is 1. The zero-order valence-electron chi connectivity index (χ0n) is 8.29. The van der Waals surface area contributed by atoms with Crippen molar-refractivity contribution < 1.29 is 0 Å². The number of nitriles is 1. The molecular weight excluding hydrogens is 192 g/mol. The molecule has 0 unspecified atom stereocenters. The number of nitrogens with two attached hydrogens (primary N) is 1. The van der Waals surface area contributed by atoms with Crippen molar-refractivity contribution >= 4 is 17.4 Å². The molecule has 0 bridgehead atoms. The molecule has 0 atom stereocenters. The van der Waals surface area contributed by atoms with E-state index in [2.05, 4.69) is 13.0 Å². The number of hydrogen-bond acceptors (Lipinski definition) is 3. The smallest absolute Gasteiger partial charge is 0.100 e. The van der Waals surface area contributed by atoms with E-state index in [9.17, 15) is 0 Å². The van der Waals surface area contributed by atoms with Crippen LogP contribution in [0.2, 0.25) is 0 Å². The van der Waals surface area contributed by atoms with E-state index in [4.69, 9.17) is 11.0 Å². The summed E-state index contributed by atoms with van der Waals surface area (Å²) < 4.78 is 0. The normalized spacial score (nSPS) is 9.71. The lowest BCUT2D eigenvalue weighted by atomic mass is 10.2. The van der Waals surface area contributed by atoms with Crippen molar-refractivity contribution in [2.24, 2.45) is 0 Å². The third-order valence-electron chi connectivity index (χ3n) is 1.88. The SMILES string of the molecule is CCCCSc1ccc(N)cc1C#N. The molecule has 0 aliphatic rings. The fourth-order valence-electron chi connectivity index (χ4n) is 1.09. The Morgan fingerprint density at radius 1 is 1.50 bits per heavy atom. The highest BCUT2D eigenvalue weighted by atomic mass is 32.2. The van der Waals surface area contributed by atoms with Crippen molar-refractivity contribution in [3.63, 3.8) is 0 Å². The third kappa shape index (κ3) is 2.97. The summed E-state index contributed by atoms with van der Waals surface area (Å²) in [6, 6.07) is 7.66. The molecule has 1 aromatic carbocycles. The Kier molecular flexibility index (Phi) is 4.34. The zero-order chi connectivity index (χ0) is 10.4. The standard InChI is InChI=1S/C11H14N2S/c1-2-3-6-14-11-5-4-10(13)7-9(11)8-12/h4-5,7H,2-3,6,13H2,1H3. The van der Waals surface area contributed by atoms with Crippen LogP contribution in [0.4, 0.5) is 5.69 Å². The second kappa shape index (κ2) is 5.56. The molecule has 0 saturated heterocycles. The molecule has 3 heteroatoms. The predicted molar refractivity (Wildman–Crippen MR) is 61.2 cm³/mol. The van der Waals surface area contributed by atoms with Gasteiger partial charge in [-0.25, -0.2) is 0 Å². The van der Waals surface area contributed by atoms with Crippen molar-refractivity contribution in [1.82, 2.24) is 0 Å². The molecular formula is C11H14N2S. The molecule has 1 rings (SSSR count). The number of nitrogen functional groups attached to an aromatic ring is 1. The molecule has 0 amide bonds. The van der Waals surface area contributed by atoms with Gasteiger partial charge in [0.2, 0.25) is 0 Å². The number of anilines is 1. The van der Waals surface area contributed by atoms with Gasteiger partial charge in [0.1, 0.15) is 6.07 Å². The van der Waals surface area contributed by atoms with Crippen molar-refractivity contribution in [3.05, 3.63) is 23.8 Å². The van der Waals surface area contributed by atoms with E-state index < -0.39 is 0 Å². The first-order chi connectivity index (χ1) is 6.77. The highest BCUT2D eigenvalue weighted by Gasteiger charge is 2.02. The largest absolute Gasteiger partial charge is 0.399 e. The van der Waals surface area contributed by atoms with E-state index in [-0.39, 0.29) is 0 Å². The van der Waals surface area contributed by atoms with Crippen molar-refractivity contribution in [3.8, 4) is 6.07 Å². The second-order valence-electron chi connectivity index (χ2n) is 3.07. The highest BCUT2D eigenvalue weighted by Crippen LogP contribution is 2.24. The average Bonchev–Trinajstić information content (AvgIpc) is 2.20. The van der Waals surface area contributed by atoms with E-state index in [1.165, 1.54) is 12.8 Å². The molecule has 0 radical (unpaired) electrons. The Balaban J connectivity index is 2.72. The van der Waals surface area contributed by atoms with Gasteiger partial charge in [0.15, 0.2) is 0 Å². The topological polar surface area (TPSA) is 49.8 Å². The van der Waals surface area contributed by atoms with Crippen LogP contribution in [0.5, 0.6) is 0 Å². The van der Waals surface area contributed by atoms with E-state index in [0.717, 1.165) is 10.6 Å². The Hall–Kier alpha value is -1.14. The maximum Gasteiger partial charge on any atom is 0.100 e. The zero-order valence-corrected chi connectivity index (χ0v) is 9.10. The molecule has 0 fully saturated rings. The maximum absolute atomic E-state index is 8.88. The number of benzene rings is 1. The van der Waals surface area contributed by atoms with Gasteiger partial charge in [0.05, 0.1) is 5.56 Å². The lowest BCUT2D eigenvalue weighted by Crippen LogP contribution is -1.88. The fourth-order valence-corrected chi connectivity index (χ4v) is 2.16. The third-order valence-corrected chi connectivity index (χ3v) is 3.04. The summed E-state index contributed by atoms with van der Waals surface area (Å²) in [6.45, 7) is 2.16. The van der Waals surface area contributed by atoms with Crippen LogP contribution in [0, 0.1) is 11.3 Å². The van der Waals surface area contributed by atoms with Gasteiger partial charge in [0.25, 0.3) is 0 Å². The summed E-state index contributed by atoms with van der Waals surface area (Å²) in [5.41, 5.74) is 6.94. The van der Waals surface area contributed by atoms with E-state index in [1.54, 1.807) is 17.8 Å². The van der Waals surface area contributed by atoms with Crippen LogP contribution in [-0.2, 0) is 0 Å². The van der Waals surface area contributed by atoms with Crippen LogP contribution in [0.15, 0.2) is 23.1 Å². The van der Waals surface area contributed by atoms with Gasteiger partial charge in [-0.3, -0.25) is 0 Å². The summed E-state index contributed by atoms with van der Waals surface area (Å²) in [4.78, 5) is 1.04. The maximum atomic E-state index is 8.88. The van der Waals surface area contributed by atoms with Gasteiger partial charge < -0.3 is 5.73 Å². The summed E-state index contributed by atoms with van der Waals surface area (Å²) in [7, 11) is 0. The van der Waals surface area contributed by atoms with Crippen molar-refractivity contribution in [1.29, 1.82) is 5.26 Å². The molecule has 0 saturated carbocycles. The molecule has 2 N–H and O–H groups in total. The van der Waals surface area contributed by atoms with Crippen LogP contribution in [-0.4, -0.2) is 5.75 Å². The molecule has 0 aliphatic heterocycles. The summed E-state index contributed by atoms with van der Waals surface area (Å²) in [6.07, 6.45) is 2.36. The lowest BCUT2D eigenvalue weighted by molar-refractivity contribution is 0.896. The van der Waals surface area contributed by atoms with Crippen LogP contribution >= 0.6 is 11.8 Å². The summed E-state index contributed by atoms with van der Waals surface area (Å²) >= 11 is 1.73. The van der Waals surface area contributed by atoms with Crippen molar-refractivity contribution in [2.45, 2.75) is 24.7 Å². The van der Waals surface area contributed by atoms with Gasteiger partial charge in [-0.05, 0) is 30.4 Å². The van der Waals surface area contributed by atoms with Crippen LogP contribution in [0.3, 0.4) is 0 Å². The Morgan fingerprint density at radius 2 is 2.29 bits per heavy atom. The van der Waals surface area contributed by atoms with Crippen LogP contribution < -0.4 is 5.73 Å². The Morgan fingerprint density at radius 3 is 2.93 bits per heavy atom. The average molecular weight is 206 g/mol. The number of rotatable bonds is 4. The molecule has 2 nitrogen and oxygen atoms in total. The minimum Gasteiger partial charge on any atom is -0.399 e. The van der Waals surface area contributed by atoms with Gasteiger partial charge >= 0.3 is 0 Å². The molecule has 0 aromatic heterocycles. The molecule has 0 heterocycles. The quantitative estimate of drug-likeness (QED) is 0.468. The summed E-state index contributed by atoms with van der Waals surface area (Å²) in [5.74, 6) is 1.06. The van der Waals surface area contributed by atoms with E-state index in [0.29, 0.717) is 11.3 Å². The minimum absolute atomic E-state index is 0.654. The first-order valence-corrected chi connectivity index (χ1v) is 5.69. The second-order valence-corrected chi connectivity index (χ2v) is 4.21. The molecule has 74 valence electrons. The number of unbranched alkanes of at least 4 members (excludes halogenated alkanes) is 1. The summed E-state index contributed by atoms with van der Waals surface area (Å²) in [5, 5.41) is 8.88. The number of nitrogens with zero attached hydrogens (tertiary/aromatic N) is 1. The monoisotopic (exact) mass is 206 g/mol. The lowest BCUT2D eigenvalue weighted by Gasteiger charge is -2.03. The van der Waals surface area contributed by atoms with Crippen LogP contribution in [0.1, 0.15) is 25.3 Å². The van der Waals surface area contributed by atoms with Crippen LogP contribution in [0.25, 0.3) is 0 Å². The molecule has 1 aromatic rings. The molecule has 0 aliphatic carbocycles. The fraction of sp³-hybridized carbons (Fsp3) is 0.364. The predicted octanol–water partition coefficient (Wildman–Crippen LogP) is 3.03. The van der Waals surface area contributed by atoms with Gasteiger partial charge in [-0.2, -0.15) is 5.26 Å². The van der Waals surface area contributed by atoms with E-state index >= 15 is 0 Å². The van der Waals surface area contributed by atoms with Gasteiger partial charge in [-0.15, -0.1) is 11.8 Å². The van der Waals surface area contributed by atoms with Gasteiger partial charge in [0, 0.05) is 10.6 Å². The first-order valence-electron chi connectivity index (χ1n) is 4.70. The first kappa shape index (κ1) is 10.9. The minimum atomic E-state index is 0.654. The molecule has 14 heavy (non-hydrogen) atoms. The van der Waals surface area contributed by atoms with E-state index in [1.807, 2.05) is 12.1 Å².